The van der Waals surface area contributed by atoms with E-state index in [1.165, 1.54) is 5.56 Å². The van der Waals surface area contributed by atoms with Crippen LogP contribution in [0.1, 0.15) is 17.5 Å². The van der Waals surface area contributed by atoms with E-state index in [4.69, 9.17) is 4.74 Å². The molecule has 1 aromatic rings. The van der Waals surface area contributed by atoms with Crippen molar-refractivity contribution in [3.8, 4) is 0 Å². The van der Waals surface area contributed by atoms with Crippen molar-refractivity contribution in [1.29, 1.82) is 0 Å². The van der Waals surface area contributed by atoms with Gasteiger partial charge < -0.3 is 15.0 Å². The van der Waals surface area contributed by atoms with Gasteiger partial charge in [0, 0.05) is 5.69 Å². The quantitative estimate of drug-likeness (QED) is 0.897. The van der Waals surface area contributed by atoms with E-state index in [1.54, 1.807) is 0 Å². The Kier molecular flexibility index (Phi) is 4.56. The Morgan fingerprint density at radius 3 is 2.95 bits per heavy atom. The van der Waals surface area contributed by atoms with E-state index < -0.39 is 0 Å². The zero-order valence-electron chi connectivity index (χ0n) is 11.9. The van der Waals surface area contributed by atoms with Crippen LogP contribution in [0.3, 0.4) is 0 Å². The number of anilines is 1. The summed E-state index contributed by atoms with van der Waals surface area (Å²) in [5.74, 6) is 0.0565. The van der Waals surface area contributed by atoms with Gasteiger partial charge in [0.15, 0.2) is 0 Å². The SMILES string of the molecule is CNCCC1COCC(=O)N1c1cc(C)ccc1C. The van der Waals surface area contributed by atoms with Crippen LogP contribution in [0, 0.1) is 13.8 Å². The van der Waals surface area contributed by atoms with Crippen LogP contribution in [0.25, 0.3) is 0 Å². The van der Waals surface area contributed by atoms with Crippen LogP contribution in [-0.4, -0.2) is 38.8 Å². The van der Waals surface area contributed by atoms with Gasteiger partial charge in [-0.2, -0.15) is 0 Å². The molecule has 1 N–H and O–H groups in total. The molecule has 2 rings (SSSR count). The topological polar surface area (TPSA) is 41.6 Å². The minimum absolute atomic E-state index is 0.0565. The van der Waals surface area contributed by atoms with Crippen molar-refractivity contribution >= 4 is 11.6 Å². The number of hydrogen-bond acceptors (Lipinski definition) is 3. The van der Waals surface area contributed by atoms with Gasteiger partial charge in [0.25, 0.3) is 5.91 Å². The Bertz CT molecular complexity index is 459. The summed E-state index contributed by atoms with van der Waals surface area (Å²) >= 11 is 0. The molecule has 1 saturated heterocycles. The molecule has 19 heavy (non-hydrogen) atoms. The number of benzene rings is 1. The Hall–Kier alpha value is -1.39. The fourth-order valence-electron chi connectivity index (χ4n) is 2.46. The van der Waals surface area contributed by atoms with Gasteiger partial charge in [0.1, 0.15) is 6.61 Å². The predicted octanol–water partition coefficient (Wildman–Crippen LogP) is 1.64. The van der Waals surface area contributed by atoms with Crippen molar-refractivity contribution in [2.24, 2.45) is 0 Å². The first kappa shape index (κ1) is 14.0. The lowest BCUT2D eigenvalue weighted by atomic mass is 10.1. The minimum Gasteiger partial charge on any atom is -0.369 e. The van der Waals surface area contributed by atoms with Gasteiger partial charge in [-0.3, -0.25) is 4.79 Å². The van der Waals surface area contributed by atoms with E-state index in [-0.39, 0.29) is 18.6 Å². The van der Waals surface area contributed by atoms with E-state index in [0.717, 1.165) is 24.2 Å². The summed E-state index contributed by atoms with van der Waals surface area (Å²) < 4.78 is 5.39. The molecule has 1 atom stereocenters. The van der Waals surface area contributed by atoms with Crippen LogP contribution in [0.2, 0.25) is 0 Å². The third kappa shape index (κ3) is 3.14. The molecule has 1 aliphatic heterocycles. The first-order valence-corrected chi connectivity index (χ1v) is 6.75. The van der Waals surface area contributed by atoms with E-state index in [2.05, 4.69) is 30.4 Å². The molecule has 4 heteroatoms. The first-order chi connectivity index (χ1) is 9.13. The second-order valence-electron chi connectivity index (χ2n) is 5.11. The fraction of sp³-hybridized carbons (Fsp3) is 0.533. The molecular weight excluding hydrogens is 240 g/mol. The maximum absolute atomic E-state index is 12.2. The molecule has 0 bridgehead atoms. The molecule has 1 fully saturated rings. The van der Waals surface area contributed by atoms with Crippen molar-refractivity contribution in [3.05, 3.63) is 29.3 Å². The summed E-state index contributed by atoms with van der Waals surface area (Å²) in [7, 11) is 1.92. The minimum atomic E-state index is 0.0565. The zero-order chi connectivity index (χ0) is 13.8. The van der Waals surface area contributed by atoms with Gasteiger partial charge >= 0.3 is 0 Å². The average molecular weight is 262 g/mol. The molecular formula is C15H22N2O2. The molecule has 1 amide bonds. The summed E-state index contributed by atoms with van der Waals surface area (Å²) in [5, 5.41) is 3.13. The number of ether oxygens (including phenoxy) is 1. The lowest BCUT2D eigenvalue weighted by Gasteiger charge is -2.36. The molecule has 0 saturated carbocycles. The van der Waals surface area contributed by atoms with Crippen molar-refractivity contribution in [3.63, 3.8) is 0 Å². The third-order valence-corrected chi connectivity index (χ3v) is 3.52. The van der Waals surface area contributed by atoms with Crippen molar-refractivity contribution in [2.75, 3.05) is 31.7 Å². The van der Waals surface area contributed by atoms with Crippen LogP contribution in [-0.2, 0) is 9.53 Å². The monoisotopic (exact) mass is 262 g/mol. The van der Waals surface area contributed by atoms with Gasteiger partial charge in [-0.1, -0.05) is 12.1 Å². The highest BCUT2D eigenvalue weighted by atomic mass is 16.5. The molecule has 1 unspecified atom stereocenters. The molecule has 1 aromatic carbocycles. The highest BCUT2D eigenvalue weighted by Crippen LogP contribution is 2.26. The number of nitrogens with one attached hydrogen (secondary N) is 1. The van der Waals surface area contributed by atoms with E-state index in [1.807, 2.05) is 18.9 Å². The van der Waals surface area contributed by atoms with Crippen LogP contribution >= 0.6 is 0 Å². The van der Waals surface area contributed by atoms with Gasteiger partial charge in [0.05, 0.1) is 12.6 Å². The normalized spacial score (nSPS) is 19.8. The van der Waals surface area contributed by atoms with Crippen molar-refractivity contribution in [2.45, 2.75) is 26.3 Å². The molecule has 0 aliphatic carbocycles. The molecule has 1 heterocycles. The Labute approximate surface area is 114 Å². The average Bonchev–Trinajstić information content (AvgIpc) is 2.39. The predicted molar refractivity (Wildman–Crippen MR) is 76.6 cm³/mol. The van der Waals surface area contributed by atoms with Gasteiger partial charge in [-0.25, -0.2) is 0 Å². The van der Waals surface area contributed by atoms with Crippen LogP contribution < -0.4 is 10.2 Å². The fourth-order valence-corrected chi connectivity index (χ4v) is 2.46. The maximum Gasteiger partial charge on any atom is 0.253 e. The number of carbonyl (C=O) groups is 1. The highest BCUT2D eigenvalue weighted by Gasteiger charge is 2.30. The molecule has 1 aliphatic rings. The smallest absolute Gasteiger partial charge is 0.253 e. The molecule has 0 radical (unpaired) electrons. The molecule has 104 valence electrons. The summed E-state index contributed by atoms with van der Waals surface area (Å²) in [4.78, 5) is 14.1. The highest BCUT2D eigenvalue weighted by molar-refractivity contribution is 5.96. The Morgan fingerprint density at radius 1 is 1.42 bits per heavy atom. The van der Waals surface area contributed by atoms with Crippen LogP contribution in [0.4, 0.5) is 5.69 Å². The van der Waals surface area contributed by atoms with Gasteiger partial charge in [0.2, 0.25) is 0 Å². The zero-order valence-corrected chi connectivity index (χ0v) is 11.9. The number of amides is 1. The largest absolute Gasteiger partial charge is 0.369 e. The second kappa shape index (κ2) is 6.17. The van der Waals surface area contributed by atoms with Crippen LogP contribution in [0.15, 0.2) is 18.2 Å². The lowest BCUT2D eigenvalue weighted by molar-refractivity contribution is -0.127. The summed E-state index contributed by atoms with van der Waals surface area (Å²) in [6.07, 6.45) is 0.898. The number of morpholine rings is 1. The third-order valence-electron chi connectivity index (χ3n) is 3.52. The van der Waals surface area contributed by atoms with E-state index >= 15 is 0 Å². The number of nitrogens with zero attached hydrogens (tertiary/aromatic N) is 1. The number of carbonyl (C=O) groups excluding carboxylic acids is 1. The number of hydrogen-bond donors (Lipinski definition) is 1. The summed E-state index contributed by atoms with van der Waals surface area (Å²) in [6, 6.07) is 6.36. The van der Waals surface area contributed by atoms with Crippen molar-refractivity contribution < 1.29 is 9.53 Å². The summed E-state index contributed by atoms with van der Waals surface area (Å²) in [5.41, 5.74) is 3.33. The van der Waals surface area contributed by atoms with E-state index in [0.29, 0.717) is 6.61 Å². The standard InChI is InChI=1S/C15H22N2O2/c1-11-4-5-12(2)14(8-11)17-13(6-7-16-3)9-19-10-15(17)18/h4-5,8,13,16H,6-7,9-10H2,1-3H3. The van der Waals surface area contributed by atoms with E-state index in [9.17, 15) is 4.79 Å². The van der Waals surface area contributed by atoms with Gasteiger partial charge in [-0.15, -0.1) is 0 Å². The van der Waals surface area contributed by atoms with Gasteiger partial charge in [-0.05, 0) is 51.1 Å². The second-order valence-corrected chi connectivity index (χ2v) is 5.11. The lowest BCUT2D eigenvalue weighted by Crippen LogP contribution is -2.50. The Morgan fingerprint density at radius 2 is 2.21 bits per heavy atom. The van der Waals surface area contributed by atoms with Crippen molar-refractivity contribution in [1.82, 2.24) is 5.32 Å². The summed E-state index contributed by atoms with van der Waals surface area (Å²) in [6.45, 7) is 5.77. The van der Waals surface area contributed by atoms with Crippen LogP contribution in [0.5, 0.6) is 0 Å². The Balaban J connectivity index is 2.30. The number of aryl methyl sites for hydroxylation is 2. The maximum atomic E-state index is 12.2. The molecule has 0 aromatic heterocycles. The molecule has 4 nitrogen and oxygen atoms in total. The number of rotatable bonds is 4. The first-order valence-electron chi connectivity index (χ1n) is 6.75. The molecule has 0 spiro atoms.